The lowest BCUT2D eigenvalue weighted by molar-refractivity contribution is 0.148. The molecule has 1 heterocycles. The first-order valence-corrected chi connectivity index (χ1v) is 6.73. The fraction of sp³-hybridized carbons (Fsp3) is 0.267. The van der Waals surface area contributed by atoms with Crippen molar-refractivity contribution in [1.29, 1.82) is 0 Å². The highest BCUT2D eigenvalue weighted by molar-refractivity contribution is 5.73. The van der Waals surface area contributed by atoms with Crippen LogP contribution < -0.4 is 10.6 Å². The summed E-state index contributed by atoms with van der Waals surface area (Å²) < 4.78 is 31.1. The number of aliphatic hydroxyl groups excluding tert-OH is 1. The normalized spacial score (nSPS) is 12.0. The third kappa shape index (κ3) is 4.56. The summed E-state index contributed by atoms with van der Waals surface area (Å²) in [4.78, 5) is 11.5. The van der Waals surface area contributed by atoms with E-state index in [1.807, 2.05) is 0 Å². The number of amides is 2. The molecule has 0 aliphatic rings. The molecule has 7 heteroatoms. The van der Waals surface area contributed by atoms with E-state index in [1.165, 1.54) is 12.3 Å². The summed E-state index contributed by atoms with van der Waals surface area (Å²) in [5, 5.41) is 14.7. The lowest BCUT2D eigenvalue weighted by Crippen LogP contribution is -2.38. The first kappa shape index (κ1) is 16.0. The van der Waals surface area contributed by atoms with Crippen molar-refractivity contribution < 1.29 is 23.1 Å². The number of carbonyl (C=O) groups is 1. The van der Waals surface area contributed by atoms with Crippen LogP contribution in [0.4, 0.5) is 13.6 Å². The molecule has 5 nitrogen and oxygen atoms in total. The van der Waals surface area contributed by atoms with E-state index in [4.69, 9.17) is 4.42 Å². The number of carbonyl (C=O) groups excluding carboxylic acids is 1. The molecule has 1 unspecified atom stereocenters. The maximum Gasteiger partial charge on any atom is 0.314 e. The van der Waals surface area contributed by atoms with Gasteiger partial charge >= 0.3 is 6.03 Å². The van der Waals surface area contributed by atoms with Gasteiger partial charge in [0.1, 0.15) is 23.5 Å². The molecule has 0 fully saturated rings. The summed E-state index contributed by atoms with van der Waals surface area (Å²) in [6, 6.07) is 6.04. The van der Waals surface area contributed by atoms with Crippen molar-refractivity contribution in [2.24, 2.45) is 0 Å². The molecule has 3 N–H and O–H groups in total. The molecule has 2 aromatic rings. The second-order valence-electron chi connectivity index (χ2n) is 4.65. The minimum atomic E-state index is -0.935. The molecule has 0 saturated carbocycles. The Morgan fingerprint density at radius 3 is 2.77 bits per heavy atom. The second kappa shape index (κ2) is 7.56. The Balaban J connectivity index is 1.69. The van der Waals surface area contributed by atoms with Crippen molar-refractivity contribution in [3.63, 3.8) is 0 Å². The van der Waals surface area contributed by atoms with Gasteiger partial charge < -0.3 is 20.2 Å². The van der Waals surface area contributed by atoms with Crippen molar-refractivity contribution in [3.05, 3.63) is 59.6 Å². The highest BCUT2D eigenvalue weighted by Crippen LogP contribution is 2.11. The number of hydrogen-bond acceptors (Lipinski definition) is 3. The predicted molar refractivity (Wildman–Crippen MR) is 75.1 cm³/mol. The SMILES string of the molecule is O=C(NCCc1ccc(F)cc1F)NCC(O)c1ccco1. The number of urea groups is 1. The summed E-state index contributed by atoms with van der Waals surface area (Å²) in [7, 11) is 0. The van der Waals surface area contributed by atoms with E-state index >= 15 is 0 Å². The second-order valence-corrected chi connectivity index (χ2v) is 4.65. The molecule has 2 amide bonds. The third-order valence-electron chi connectivity index (χ3n) is 3.02. The highest BCUT2D eigenvalue weighted by Gasteiger charge is 2.11. The summed E-state index contributed by atoms with van der Waals surface area (Å²) in [5.74, 6) is -0.928. The zero-order valence-corrected chi connectivity index (χ0v) is 11.7. The molecule has 0 radical (unpaired) electrons. The van der Waals surface area contributed by atoms with Crippen molar-refractivity contribution >= 4 is 6.03 Å². The number of hydrogen-bond donors (Lipinski definition) is 3. The molecule has 0 spiro atoms. The van der Waals surface area contributed by atoms with Gasteiger partial charge in [0.05, 0.1) is 12.8 Å². The number of benzene rings is 1. The summed E-state index contributed by atoms with van der Waals surface area (Å²) in [5.41, 5.74) is 0.317. The van der Waals surface area contributed by atoms with Gasteiger partial charge in [-0.05, 0) is 30.2 Å². The van der Waals surface area contributed by atoms with E-state index < -0.39 is 23.8 Å². The first-order chi connectivity index (χ1) is 10.6. The van der Waals surface area contributed by atoms with E-state index in [2.05, 4.69) is 10.6 Å². The molecule has 1 aromatic heterocycles. The van der Waals surface area contributed by atoms with Crippen LogP contribution in [0.2, 0.25) is 0 Å². The van der Waals surface area contributed by atoms with E-state index in [9.17, 15) is 18.7 Å². The number of halogens is 2. The molecule has 2 rings (SSSR count). The molecule has 118 valence electrons. The maximum atomic E-state index is 13.4. The largest absolute Gasteiger partial charge is 0.467 e. The summed E-state index contributed by atoms with van der Waals surface area (Å²) >= 11 is 0. The lowest BCUT2D eigenvalue weighted by atomic mass is 10.1. The van der Waals surface area contributed by atoms with Crippen LogP contribution in [0.5, 0.6) is 0 Å². The Hall–Kier alpha value is -2.41. The van der Waals surface area contributed by atoms with Gasteiger partial charge in [0.15, 0.2) is 0 Å². The third-order valence-corrected chi connectivity index (χ3v) is 3.02. The van der Waals surface area contributed by atoms with Gasteiger partial charge in [-0.15, -0.1) is 0 Å². The number of rotatable bonds is 6. The lowest BCUT2D eigenvalue weighted by Gasteiger charge is -2.11. The average molecular weight is 310 g/mol. The monoisotopic (exact) mass is 310 g/mol. The molecular weight excluding hydrogens is 294 g/mol. The van der Waals surface area contributed by atoms with Gasteiger partial charge in [-0.2, -0.15) is 0 Å². The van der Waals surface area contributed by atoms with Crippen molar-refractivity contribution in [3.8, 4) is 0 Å². The van der Waals surface area contributed by atoms with E-state index in [0.717, 1.165) is 12.1 Å². The summed E-state index contributed by atoms with van der Waals surface area (Å²) in [6.45, 7) is 0.176. The van der Waals surface area contributed by atoms with Gasteiger partial charge in [-0.1, -0.05) is 6.07 Å². The predicted octanol–water partition coefficient (Wildman–Crippen LogP) is 2.13. The van der Waals surface area contributed by atoms with E-state index in [0.29, 0.717) is 11.3 Å². The fourth-order valence-corrected chi connectivity index (χ4v) is 1.87. The molecule has 1 atom stereocenters. The summed E-state index contributed by atoms with van der Waals surface area (Å²) in [6.07, 6.45) is 0.728. The standard InChI is InChI=1S/C15H16F2N2O3/c16-11-4-3-10(12(17)8-11)5-6-18-15(21)19-9-13(20)14-2-1-7-22-14/h1-4,7-8,13,20H,5-6,9H2,(H2,18,19,21). The highest BCUT2D eigenvalue weighted by atomic mass is 19.1. The van der Waals surface area contributed by atoms with Crippen LogP contribution in [0.15, 0.2) is 41.0 Å². The van der Waals surface area contributed by atoms with Crippen LogP contribution in [-0.2, 0) is 6.42 Å². The van der Waals surface area contributed by atoms with Gasteiger partial charge in [0.2, 0.25) is 0 Å². The molecule has 1 aromatic carbocycles. The minimum Gasteiger partial charge on any atom is -0.467 e. The Bertz CT molecular complexity index is 617. The Labute approximate surface area is 125 Å². The van der Waals surface area contributed by atoms with Crippen LogP contribution in [0.25, 0.3) is 0 Å². The van der Waals surface area contributed by atoms with Crippen LogP contribution in [-0.4, -0.2) is 24.2 Å². The maximum absolute atomic E-state index is 13.4. The van der Waals surface area contributed by atoms with Crippen LogP contribution in [0.3, 0.4) is 0 Å². The van der Waals surface area contributed by atoms with Crippen LogP contribution in [0, 0.1) is 11.6 Å². The average Bonchev–Trinajstić information content (AvgIpc) is 3.01. The Kier molecular flexibility index (Phi) is 5.48. The number of aliphatic hydroxyl groups is 1. The molecule has 0 bridgehead atoms. The zero-order chi connectivity index (χ0) is 15.9. The van der Waals surface area contributed by atoms with Crippen molar-refractivity contribution in [2.45, 2.75) is 12.5 Å². The van der Waals surface area contributed by atoms with Crippen molar-refractivity contribution in [1.82, 2.24) is 10.6 Å². The zero-order valence-electron chi connectivity index (χ0n) is 11.7. The molecular formula is C15H16F2N2O3. The molecule has 22 heavy (non-hydrogen) atoms. The van der Waals surface area contributed by atoms with Gasteiger partial charge in [0.25, 0.3) is 0 Å². The van der Waals surface area contributed by atoms with E-state index in [-0.39, 0.29) is 19.5 Å². The first-order valence-electron chi connectivity index (χ1n) is 6.73. The van der Waals surface area contributed by atoms with Crippen LogP contribution in [0.1, 0.15) is 17.4 Å². The Morgan fingerprint density at radius 1 is 1.27 bits per heavy atom. The quantitative estimate of drug-likeness (QED) is 0.765. The minimum absolute atomic E-state index is 0.00967. The molecule has 0 aliphatic carbocycles. The van der Waals surface area contributed by atoms with Crippen LogP contribution >= 0.6 is 0 Å². The van der Waals surface area contributed by atoms with E-state index in [1.54, 1.807) is 12.1 Å². The van der Waals surface area contributed by atoms with Gasteiger partial charge in [0, 0.05) is 12.6 Å². The van der Waals surface area contributed by atoms with Gasteiger partial charge in [-0.25, -0.2) is 13.6 Å². The smallest absolute Gasteiger partial charge is 0.314 e. The fourth-order valence-electron chi connectivity index (χ4n) is 1.87. The van der Waals surface area contributed by atoms with Gasteiger partial charge in [-0.3, -0.25) is 0 Å². The molecule has 0 saturated heterocycles. The number of furan rings is 1. The Morgan fingerprint density at radius 2 is 2.09 bits per heavy atom. The topological polar surface area (TPSA) is 74.5 Å². The molecule has 0 aliphatic heterocycles. The number of nitrogens with one attached hydrogen (secondary N) is 2. The van der Waals surface area contributed by atoms with Crippen molar-refractivity contribution in [2.75, 3.05) is 13.1 Å².